The number of nitrogens with zero attached hydrogens (tertiary/aromatic N) is 1. The average molecular weight is 286 g/mol. The van der Waals surface area contributed by atoms with Gasteiger partial charge in [0.15, 0.2) is 0 Å². The molecule has 2 rings (SSSR count). The van der Waals surface area contributed by atoms with Gasteiger partial charge in [0.25, 0.3) is 0 Å². The molecule has 1 unspecified atom stereocenters. The number of rotatable bonds is 7. The summed E-state index contributed by atoms with van der Waals surface area (Å²) in [5.74, 6) is 0. The minimum Gasteiger partial charge on any atom is -0.379 e. The van der Waals surface area contributed by atoms with Crippen molar-refractivity contribution in [2.45, 2.75) is 45.3 Å². The highest BCUT2D eigenvalue weighted by Gasteiger charge is 2.24. The van der Waals surface area contributed by atoms with E-state index in [1.807, 2.05) is 12.4 Å². The number of hydrogen-bond donors (Lipinski definition) is 1. The molecule has 0 spiro atoms. The largest absolute Gasteiger partial charge is 0.379 e. The third kappa shape index (κ3) is 4.02. The number of aromatic nitrogens is 1. The van der Waals surface area contributed by atoms with Gasteiger partial charge in [-0.05, 0) is 44.2 Å². The molecule has 0 saturated heterocycles. The van der Waals surface area contributed by atoms with Crippen LogP contribution in [0.15, 0.2) is 36.7 Å². The lowest BCUT2D eigenvalue weighted by Gasteiger charge is -2.30. The maximum atomic E-state index is 5.62. The lowest BCUT2D eigenvalue weighted by molar-refractivity contribution is 0.00694. The zero-order chi connectivity index (χ0) is 15.3. The second kappa shape index (κ2) is 7.01. The van der Waals surface area contributed by atoms with Gasteiger partial charge in [-0.15, -0.1) is 0 Å². The molecule has 0 amide bonds. The van der Waals surface area contributed by atoms with Crippen LogP contribution in [0.25, 0.3) is 10.8 Å². The summed E-state index contributed by atoms with van der Waals surface area (Å²) < 4.78 is 5.62. The molecule has 0 saturated carbocycles. The van der Waals surface area contributed by atoms with Gasteiger partial charge in [0.1, 0.15) is 0 Å². The number of methoxy groups -OCH3 is 1. The molecule has 0 aliphatic carbocycles. The summed E-state index contributed by atoms with van der Waals surface area (Å²) in [7, 11) is 1.78. The van der Waals surface area contributed by atoms with Crippen molar-refractivity contribution < 1.29 is 4.74 Å². The lowest BCUT2D eigenvalue weighted by Crippen LogP contribution is -2.32. The number of ether oxygens (including phenoxy) is 1. The van der Waals surface area contributed by atoms with Crippen molar-refractivity contribution in [3.8, 4) is 0 Å². The van der Waals surface area contributed by atoms with Crippen LogP contribution in [0.3, 0.4) is 0 Å². The minimum atomic E-state index is -0.164. The highest BCUT2D eigenvalue weighted by molar-refractivity contribution is 5.85. The predicted octanol–water partition coefficient (Wildman–Crippen LogP) is 4.09. The average Bonchev–Trinajstić information content (AvgIpc) is 2.51. The summed E-state index contributed by atoms with van der Waals surface area (Å²) in [5, 5.41) is 6.11. The molecule has 1 aromatic carbocycles. The van der Waals surface area contributed by atoms with Crippen molar-refractivity contribution in [2.24, 2.45) is 0 Å². The molecule has 3 heteroatoms. The fourth-order valence-corrected chi connectivity index (χ4v) is 2.60. The Morgan fingerprint density at radius 2 is 2.00 bits per heavy atom. The monoisotopic (exact) mass is 286 g/mol. The van der Waals surface area contributed by atoms with Crippen LogP contribution in [0.5, 0.6) is 0 Å². The van der Waals surface area contributed by atoms with E-state index in [9.17, 15) is 0 Å². The Labute approximate surface area is 127 Å². The Balaban J connectivity index is 2.38. The van der Waals surface area contributed by atoms with Crippen LogP contribution >= 0.6 is 0 Å². The standard InChI is InChI=1S/C18H26N2O/c1-5-10-20-17(11-18(2,3)21-4)16-13-19-12-14-8-6-7-9-15(14)16/h6-9,12-13,17,20H,5,10-11H2,1-4H3. The van der Waals surface area contributed by atoms with Gasteiger partial charge in [0.2, 0.25) is 0 Å². The van der Waals surface area contributed by atoms with Crippen molar-refractivity contribution >= 4 is 10.8 Å². The van der Waals surface area contributed by atoms with E-state index in [2.05, 4.69) is 55.3 Å². The first kappa shape index (κ1) is 15.9. The summed E-state index contributed by atoms with van der Waals surface area (Å²) in [4.78, 5) is 4.42. The SMILES string of the molecule is CCCNC(CC(C)(C)OC)c1cncc2ccccc12. The number of nitrogens with one attached hydrogen (secondary N) is 1. The smallest absolute Gasteiger partial charge is 0.0640 e. The summed E-state index contributed by atoms with van der Waals surface area (Å²) in [5.41, 5.74) is 1.09. The second-order valence-corrected chi connectivity index (χ2v) is 6.12. The highest BCUT2D eigenvalue weighted by atomic mass is 16.5. The van der Waals surface area contributed by atoms with Crippen LogP contribution in [-0.4, -0.2) is 24.2 Å². The zero-order valence-corrected chi connectivity index (χ0v) is 13.5. The van der Waals surface area contributed by atoms with E-state index >= 15 is 0 Å². The van der Waals surface area contributed by atoms with E-state index in [4.69, 9.17) is 4.74 Å². The van der Waals surface area contributed by atoms with Crippen molar-refractivity contribution in [1.29, 1.82) is 0 Å². The molecule has 1 aromatic heterocycles. The van der Waals surface area contributed by atoms with Gasteiger partial charge in [0, 0.05) is 30.9 Å². The van der Waals surface area contributed by atoms with Crippen LogP contribution in [-0.2, 0) is 4.74 Å². The van der Waals surface area contributed by atoms with Gasteiger partial charge in [-0.2, -0.15) is 0 Å². The molecule has 2 aromatic rings. The van der Waals surface area contributed by atoms with Gasteiger partial charge in [-0.25, -0.2) is 0 Å². The molecule has 3 nitrogen and oxygen atoms in total. The Kier molecular flexibility index (Phi) is 5.32. The van der Waals surface area contributed by atoms with E-state index in [0.29, 0.717) is 0 Å². The second-order valence-electron chi connectivity index (χ2n) is 6.12. The van der Waals surface area contributed by atoms with Crippen molar-refractivity contribution in [3.05, 3.63) is 42.2 Å². The topological polar surface area (TPSA) is 34.1 Å². The number of fused-ring (bicyclic) bond motifs is 1. The normalized spacial score (nSPS) is 13.5. The molecule has 0 bridgehead atoms. The molecule has 0 aliphatic rings. The molecule has 0 aliphatic heterocycles. The minimum absolute atomic E-state index is 0.164. The maximum Gasteiger partial charge on any atom is 0.0640 e. The zero-order valence-electron chi connectivity index (χ0n) is 13.5. The molecular weight excluding hydrogens is 260 g/mol. The Morgan fingerprint density at radius 3 is 2.71 bits per heavy atom. The number of hydrogen-bond acceptors (Lipinski definition) is 3. The Morgan fingerprint density at radius 1 is 1.24 bits per heavy atom. The summed E-state index contributed by atoms with van der Waals surface area (Å²) in [6.45, 7) is 7.44. The lowest BCUT2D eigenvalue weighted by atomic mass is 9.91. The van der Waals surface area contributed by atoms with E-state index in [-0.39, 0.29) is 11.6 Å². The van der Waals surface area contributed by atoms with E-state index in [1.54, 1.807) is 7.11 Å². The molecular formula is C18H26N2O. The highest BCUT2D eigenvalue weighted by Crippen LogP contribution is 2.30. The van der Waals surface area contributed by atoms with Crippen LogP contribution in [0.1, 0.15) is 45.2 Å². The molecule has 1 N–H and O–H groups in total. The first-order chi connectivity index (χ1) is 10.1. The predicted molar refractivity (Wildman–Crippen MR) is 88.5 cm³/mol. The van der Waals surface area contributed by atoms with Crippen molar-refractivity contribution in [3.63, 3.8) is 0 Å². The third-order valence-corrected chi connectivity index (χ3v) is 3.96. The quantitative estimate of drug-likeness (QED) is 0.832. The van der Waals surface area contributed by atoms with E-state index < -0.39 is 0 Å². The fraction of sp³-hybridized carbons (Fsp3) is 0.500. The van der Waals surface area contributed by atoms with E-state index in [1.165, 1.54) is 16.3 Å². The maximum absolute atomic E-state index is 5.62. The van der Waals surface area contributed by atoms with Crippen LogP contribution in [0.2, 0.25) is 0 Å². The molecule has 1 atom stereocenters. The Bertz CT molecular complexity index is 575. The summed E-state index contributed by atoms with van der Waals surface area (Å²) >= 11 is 0. The van der Waals surface area contributed by atoms with Gasteiger partial charge in [0.05, 0.1) is 5.60 Å². The van der Waals surface area contributed by atoms with Gasteiger partial charge in [-0.3, -0.25) is 4.98 Å². The Hall–Kier alpha value is -1.45. The van der Waals surface area contributed by atoms with Gasteiger partial charge in [-0.1, -0.05) is 31.2 Å². The number of benzene rings is 1. The van der Waals surface area contributed by atoms with Crippen LogP contribution in [0, 0.1) is 0 Å². The third-order valence-electron chi connectivity index (χ3n) is 3.96. The molecule has 0 fully saturated rings. The van der Waals surface area contributed by atoms with Gasteiger partial charge >= 0.3 is 0 Å². The van der Waals surface area contributed by atoms with Crippen LogP contribution < -0.4 is 5.32 Å². The fourth-order valence-electron chi connectivity index (χ4n) is 2.60. The molecule has 21 heavy (non-hydrogen) atoms. The van der Waals surface area contributed by atoms with Crippen molar-refractivity contribution in [2.75, 3.05) is 13.7 Å². The number of pyridine rings is 1. The molecule has 0 radical (unpaired) electrons. The van der Waals surface area contributed by atoms with E-state index in [0.717, 1.165) is 19.4 Å². The summed E-state index contributed by atoms with van der Waals surface area (Å²) in [6.07, 6.45) is 5.94. The molecule has 114 valence electrons. The van der Waals surface area contributed by atoms with Gasteiger partial charge < -0.3 is 10.1 Å². The summed E-state index contributed by atoms with van der Waals surface area (Å²) in [6, 6.07) is 8.68. The first-order valence-corrected chi connectivity index (χ1v) is 7.68. The molecule has 1 heterocycles. The van der Waals surface area contributed by atoms with Crippen LogP contribution in [0.4, 0.5) is 0 Å². The van der Waals surface area contributed by atoms with Crippen molar-refractivity contribution in [1.82, 2.24) is 10.3 Å². The first-order valence-electron chi connectivity index (χ1n) is 7.68.